The molecule has 1 rings (SSSR count). The van der Waals surface area contributed by atoms with Gasteiger partial charge in [0.25, 0.3) is 0 Å². The summed E-state index contributed by atoms with van der Waals surface area (Å²) >= 11 is 0. The number of hydrogen-bond acceptors (Lipinski definition) is 3. The zero-order chi connectivity index (χ0) is 14.6. The highest BCUT2D eigenvalue weighted by Gasteiger charge is 2.25. The van der Waals surface area contributed by atoms with Crippen LogP contribution in [0.15, 0.2) is 24.3 Å². The van der Waals surface area contributed by atoms with Gasteiger partial charge in [0, 0.05) is 31.4 Å². The second-order valence-electron chi connectivity index (χ2n) is 4.85. The van der Waals surface area contributed by atoms with Crippen molar-refractivity contribution >= 4 is 23.3 Å². The van der Waals surface area contributed by atoms with Gasteiger partial charge in [-0.25, -0.2) is 0 Å². The quantitative estimate of drug-likeness (QED) is 0.854. The molecule has 0 radical (unpaired) electrons. The highest BCUT2D eigenvalue weighted by Crippen LogP contribution is 2.19. The molecule has 1 amide bonds. The first-order valence-electron chi connectivity index (χ1n) is 6.14. The Morgan fingerprint density at radius 1 is 1.21 bits per heavy atom. The van der Waals surface area contributed by atoms with Crippen LogP contribution in [-0.2, 0) is 9.59 Å². The minimum Gasteiger partial charge on any atom is -0.481 e. The SMILES string of the molecule is CC(C(=O)O)C(C)C(=O)Nc1cccc(N(C)C)c1. The lowest BCUT2D eigenvalue weighted by Gasteiger charge is -2.17. The van der Waals surface area contributed by atoms with Crippen LogP contribution in [0.4, 0.5) is 11.4 Å². The summed E-state index contributed by atoms with van der Waals surface area (Å²) < 4.78 is 0. The molecule has 0 aliphatic heterocycles. The number of amides is 1. The molecule has 0 aliphatic rings. The van der Waals surface area contributed by atoms with Crippen molar-refractivity contribution in [3.8, 4) is 0 Å². The smallest absolute Gasteiger partial charge is 0.307 e. The Morgan fingerprint density at radius 3 is 2.37 bits per heavy atom. The van der Waals surface area contributed by atoms with Crippen LogP contribution in [0.3, 0.4) is 0 Å². The van der Waals surface area contributed by atoms with E-state index in [0.717, 1.165) is 5.69 Å². The van der Waals surface area contributed by atoms with Crippen LogP contribution < -0.4 is 10.2 Å². The van der Waals surface area contributed by atoms with Gasteiger partial charge in [-0.15, -0.1) is 0 Å². The Hall–Kier alpha value is -2.04. The zero-order valence-corrected chi connectivity index (χ0v) is 11.7. The summed E-state index contributed by atoms with van der Waals surface area (Å²) in [4.78, 5) is 24.7. The van der Waals surface area contributed by atoms with Crippen LogP contribution in [-0.4, -0.2) is 31.1 Å². The highest BCUT2D eigenvalue weighted by atomic mass is 16.4. The highest BCUT2D eigenvalue weighted by molar-refractivity contribution is 5.95. The maximum atomic E-state index is 12.0. The van der Waals surface area contributed by atoms with Gasteiger partial charge in [0.1, 0.15) is 0 Å². The van der Waals surface area contributed by atoms with Crippen LogP contribution in [0, 0.1) is 11.8 Å². The van der Waals surface area contributed by atoms with E-state index in [1.165, 1.54) is 6.92 Å². The average Bonchev–Trinajstić information content (AvgIpc) is 2.37. The molecular weight excluding hydrogens is 244 g/mol. The van der Waals surface area contributed by atoms with Crippen molar-refractivity contribution in [2.24, 2.45) is 11.8 Å². The van der Waals surface area contributed by atoms with Gasteiger partial charge in [-0.3, -0.25) is 9.59 Å². The second-order valence-corrected chi connectivity index (χ2v) is 4.85. The molecule has 19 heavy (non-hydrogen) atoms. The first kappa shape index (κ1) is 15.0. The van der Waals surface area contributed by atoms with Gasteiger partial charge in [0.05, 0.1) is 5.92 Å². The summed E-state index contributed by atoms with van der Waals surface area (Å²) in [7, 11) is 3.83. The number of carboxylic acid groups (broad SMARTS) is 1. The normalized spacial score (nSPS) is 13.5. The minimum atomic E-state index is -0.968. The van der Waals surface area contributed by atoms with Crippen LogP contribution in [0.5, 0.6) is 0 Å². The summed E-state index contributed by atoms with van der Waals surface area (Å²) in [6, 6.07) is 7.40. The van der Waals surface area contributed by atoms with E-state index in [9.17, 15) is 9.59 Å². The van der Waals surface area contributed by atoms with Crippen LogP contribution in [0.25, 0.3) is 0 Å². The summed E-state index contributed by atoms with van der Waals surface area (Å²) in [5, 5.41) is 11.6. The first-order valence-corrected chi connectivity index (χ1v) is 6.14. The number of rotatable bonds is 5. The predicted molar refractivity (Wildman–Crippen MR) is 75.4 cm³/mol. The first-order chi connectivity index (χ1) is 8.82. The van der Waals surface area contributed by atoms with Crippen LogP contribution in [0.1, 0.15) is 13.8 Å². The molecule has 2 atom stereocenters. The van der Waals surface area contributed by atoms with E-state index in [-0.39, 0.29) is 5.91 Å². The zero-order valence-electron chi connectivity index (χ0n) is 11.7. The molecule has 0 saturated heterocycles. The summed E-state index contributed by atoms with van der Waals surface area (Å²) in [6.07, 6.45) is 0. The summed E-state index contributed by atoms with van der Waals surface area (Å²) in [5.41, 5.74) is 1.64. The predicted octanol–water partition coefficient (Wildman–Crippen LogP) is 2.05. The largest absolute Gasteiger partial charge is 0.481 e. The third-order valence-corrected chi connectivity index (χ3v) is 3.18. The molecule has 0 heterocycles. The number of nitrogens with one attached hydrogen (secondary N) is 1. The van der Waals surface area contributed by atoms with Crippen molar-refractivity contribution in [3.05, 3.63) is 24.3 Å². The molecule has 2 unspecified atom stereocenters. The van der Waals surface area contributed by atoms with Gasteiger partial charge in [0.2, 0.25) is 5.91 Å². The fraction of sp³-hybridized carbons (Fsp3) is 0.429. The van der Waals surface area contributed by atoms with Crippen molar-refractivity contribution in [3.63, 3.8) is 0 Å². The molecule has 5 heteroatoms. The van der Waals surface area contributed by atoms with E-state index in [2.05, 4.69) is 5.32 Å². The Balaban J connectivity index is 2.77. The molecular formula is C14H20N2O3. The third-order valence-electron chi connectivity index (χ3n) is 3.18. The van der Waals surface area contributed by atoms with Gasteiger partial charge in [-0.05, 0) is 18.2 Å². The Labute approximate surface area is 113 Å². The lowest BCUT2D eigenvalue weighted by molar-refractivity contribution is -0.145. The number of carboxylic acids is 1. The van der Waals surface area contributed by atoms with Crippen molar-refractivity contribution < 1.29 is 14.7 Å². The third kappa shape index (κ3) is 3.98. The van der Waals surface area contributed by atoms with E-state index < -0.39 is 17.8 Å². The lowest BCUT2D eigenvalue weighted by atomic mass is 9.95. The van der Waals surface area contributed by atoms with Crippen LogP contribution in [0.2, 0.25) is 0 Å². The van der Waals surface area contributed by atoms with Gasteiger partial charge >= 0.3 is 5.97 Å². The molecule has 0 aliphatic carbocycles. The van der Waals surface area contributed by atoms with Gasteiger partial charge < -0.3 is 15.3 Å². The minimum absolute atomic E-state index is 0.286. The van der Waals surface area contributed by atoms with Gasteiger partial charge in [0.15, 0.2) is 0 Å². The second kappa shape index (κ2) is 6.22. The van der Waals surface area contributed by atoms with E-state index in [1.54, 1.807) is 13.0 Å². The number of aliphatic carboxylic acids is 1. The fourth-order valence-corrected chi connectivity index (χ4v) is 1.56. The van der Waals surface area contributed by atoms with Crippen molar-refractivity contribution in [2.45, 2.75) is 13.8 Å². The van der Waals surface area contributed by atoms with Crippen LogP contribution >= 0.6 is 0 Å². The molecule has 0 bridgehead atoms. The van der Waals surface area contributed by atoms with Crippen molar-refractivity contribution in [1.29, 1.82) is 0 Å². The van der Waals surface area contributed by atoms with E-state index in [1.807, 2.05) is 37.2 Å². The number of benzene rings is 1. The number of carbonyl (C=O) groups is 2. The molecule has 0 saturated carbocycles. The molecule has 2 N–H and O–H groups in total. The van der Waals surface area contributed by atoms with Crippen molar-refractivity contribution in [2.75, 3.05) is 24.3 Å². The molecule has 1 aromatic carbocycles. The fourth-order valence-electron chi connectivity index (χ4n) is 1.56. The van der Waals surface area contributed by atoms with E-state index >= 15 is 0 Å². The van der Waals surface area contributed by atoms with Gasteiger partial charge in [-0.1, -0.05) is 19.9 Å². The maximum Gasteiger partial charge on any atom is 0.307 e. The number of hydrogen-bond donors (Lipinski definition) is 2. The molecule has 104 valence electrons. The van der Waals surface area contributed by atoms with Gasteiger partial charge in [-0.2, -0.15) is 0 Å². The molecule has 0 spiro atoms. The molecule has 1 aromatic rings. The maximum absolute atomic E-state index is 12.0. The number of carbonyl (C=O) groups excluding carboxylic acids is 1. The van der Waals surface area contributed by atoms with Crippen molar-refractivity contribution in [1.82, 2.24) is 0 Å². The average molecular weight is 264 g/mol. The standard InChI is InChI=1S/C14H20N2O3/c1-9(10(2)14(18)19)13(17)15-11-6-5-7-12(8-11)16(3)4/h5-10H,1-4H3,(H,15,17)(H,18,19). The Morgan fingerprint density at radius 2 is 1.84 bits per heavy atom. The Bertz CT molecular complexity index is 472. The molecule has 0 aromatic heterocycles. The monoisotopic (exact) mass is 264 g/mol. The Kier molecular flexibility index (Phi) is 4.92. The lowest BCUT2D eigenvalue weighted by Crippen LogP contribution is -2.30. The topological polar surface area (TPSA) is 69.6 Å². The number of nitrogens with zero attached hydrogens (tertiary/aromatic N) is 1. The van der Waals surface area contributed by atoms with E-state index in [4.69, 9.17) is 5.11 Å². The molecule has 0 fully saturated rings. The molecule has 5 nitrogen and oxygen atoms in total. The summed E-state index contributed by atoms with van der Waals surface area (Å²) in [6.45, 7) is 3.15. The summed E-state index contributed by atoms with van der Waals surface area (Å²) in [5.74, 6) is -2.55. The van der Waals surface area contributed by atoms with E-state index in [0.29, 0.717) is 5.69 Å². The number of anilines is 2.